The second-order valence-corrected chi connectivity index (χ2v) is 5.56. The number of carboxylic acids is 1. The number of aromatic carboxylic acids is 1. The van der Waals surface area contributed by atoms with Crippen molar-refractivity contribution in [1.29, 1.82) is 0 Å². The van der Waals surface area contributed by atoms with Crippen LogP contribution in [0.1, 0.15) is 31.1 Å². The van der Waals surface area contributed by atoms with Crippen LogP contribution in [-0.2, 0) is 4.74 Å². The Morgan fingerprint density at radius 3 is 2.48 bits per heavy atom. The lowest BCUT2D eigenvalue weighted by atomic mass is 10.0. The first-order valence-electron chi connectivity index (χ1n) is 7.07. The van der Waals surface area contributed by atoms with Crippen molar-refractivity contribution in [2.45, 2.75) is 26.4 Å². The van der Waals surface area contributed by atoms with Crippen LogP contribution in [0.4, 0.5) is 5.69 Å². The summed E-state index contributed by atoms with van der Waals surface area (Å²) in [5.74, 6) is -0.910. The van der Waals surface area contributed by atoms with Gasteiger partial charge < -0.3 is 15.2 Å². The van der Waals surface area contributed by atoms with E-state index in [0.29, 0.717) is 18.7 Å². The van der Waals surface area contributed by atoms with E-state index in [9.17, 15) is 9.90 Å². The molecule has 0 radical (unpaired) electrons. The molecule has 2 rings (SSSR count). The van der Waals surface area contributed by atoms with Gasteiger partial charge in [-0.05, 0) is 38.3 Å². The molecule has 0 aliphatic heterocycles. The number of fused-ring (bicyclic) bond motifs is 1. The highest BCUT2D eigenvalue weighted by Gasteiger charge is 2.18. The summed E-state index contributed by atoms with van der Waals surface area (Å²) >= 11 is 0. The van der Waals surface area contributed by atoms with E-state index in [-0.39, 0.29) is 5.60 Å². The van der Waals surface area contributed by atoms with E-state index in [4.69, 9.17) is 4.74 Å². The average Bonchev–Trinajstić information content (AvgIpc) is 2.44. The van der Waals surface area contributed by atoms with Gasteiger partial charge in [0.2, 0.25) is 0 Å². The second kappa shape index (κ2) is 6.14. The van der Waals surface area contributed by atoms with E-state index in [1.54, 1.807) is 6.07 Å². The van der Waals surface area contributed by atoms with Gasteiger partial charge >= 0.3 is 5.97 Å². The quantitative estimate of drug-likeness (QED) is 0.849. The third kappa shape index (κ3) is 3.52. The summed E-state index contributed by atoms with van der Waals surface area (Å²) in [5, 5.41) is 14.3. The number of rotatable bonds is 6. The van der Waals surface area contributed by atoms with Crippen LogP contribution in [0.2, 0.25) is 0 Å². The Labute approximate surface area is 124 Å². The fourth-order valence-corrected chi connectivity index (χ4v) is 2.39. The predicted molar refractivity (Wildman–Crippen MR) is 85.1 cm³/mol. The lowest BCUT2D eigenvalue weighted by Gasteiger charge is -2.26. The van der Waals surface area contributed by atoms with Crippen molar-refractivity contribution in [2.24, 2.45) is 0 Å². The van der Waals surface area contributed by atoms with E-state index >= 15 is 0 Å². The van der Waals surface area contributed by atoms with Gasteiger partial charge in [-0.1, -0.05) is 24.3 Å². The minimum absolute atomic E-state index is 0.276. The van der Waals surface area contributed by atoms with E-state index < -0.39 is 5.97 Å². The van der Waals surface area contributed by atoms with E-state index in [2.05, 4.69) is 5.32 Å². The number of nitrogens with one attached hydrogen (secondary N) is 1. The van der Waals surface area contributed by atoms with Crippen molar-refractivity contribution < 1.29 is 14.6 Å². The first-order chi connectivity index (χ1) is 9.94. The third-order valence-corrected chi connectivity index (χ3v) is 3.39. The molecule has 0 heterocycles. The zero-order valence-electron chi connectivity index (χ0n) is 12.6. The fourth-order valence-electron chi connectivity index (χ4n) is 2.39. The zero-order valence-corrected chi connectivity index (χ0v) is 12.6. The monoisotopic (exact) mass is 287 g/mol. The Bertz CT molecular complexity index is 650. The van der Waals surface area contributed by atoms with Crippen molar-refractivity contribution in [3.63, 3.8) is 0 Å². The first-order valence-corrected chi connectivity index (χ1v) is 7.07. The van der Waals surface area contributed by atoms with Gasteiger partial charge in [0.25, 0.3) is 0 Å². The molecule has 2 aromatic rings. The molecule has 0 amide bonds. The van der Waals surface area contributed by atoms with Crippen LogP contribution >= 0.6 is 0 Å². The standard InChI is InChI=1S/C17H21NO3/c1-4-21-17(2,3)11-18-15-10-9-14(16(19)20)12-7-5-6-8-13(12)15/h5-10,18H,4,11H2,1-3H3,(H,19,20). The molecule has 0 saturated carbocycles. The third-order valence-electron chi connectivity index (χ3n) is 3.39. The Hall–Kier alpha value is -2.07. The predicted octanol–water partition coefficient (Wildman–Crippen LogP) is 3.77. The molecule has 2 N–H and O–H groups in total. The highest BCUT2D eigenvalue weighted by Crippen LogP contribution is 2.27. The molecular formula is C17H21NO3. The van der Waals surface area contributed by atoms with Crippen LogP contribution in [-0.4, -0.2) is 29.8 Å². The number of anilines is 1. The molecule has 0 fully saturated rings. The Morgan fingerprint density at radius 1 is 1.19 bits per heavy atom. The number of carbonyl (C=O) groups is 1. The smallest absolute Gasteiger partial charge is 0.336 e. The molecule has 0 aromatic heterocycles. The molecule has 2 aromatic carbocycles. The SMILES string of the molecule is CCOC(C)(C)CNc1ccc(C(=O)O)c2ccccc12. The molecule has 0 spiro atoms. The zero-order chi connectivity index (χ0) is 15.5. The van der Waals surface area contributed by atoms with Crippen LogP contribution < -0.4 is 5.32 Å². The van der Waals surface area contributed by atoms with Gasteiger partial charge in [0.15, 0.2) is 0 Å². The maximum absolute atomic E-state index is 11.3. The molecule has 0 aliphatic carbocycles. The molecular weight excluding hydrogens is 266 g/mol. The molecule has 0 aliphatic rings. The summed E-state index contributed by atoms with van der Waals surface area (Å²) in [6.45, 7) is 7.33. The molecule has 0 atom stereocenters. The van der Waals surface area contributed by atoms with Crippen LogP contribution in [0.3, 0.4) is 0 Å². The summed E-state index contributed by atoms with van der Waals surface area (Å²) in [6.07, 6.45) is 0. The van der Waals surface area contributed by atoms with Crippen LogP contribution in [0, 0.1) is 0 Å². The van der Waals surface area contributed by atoms with Gasteiger partial charge in [-0.15, -0.1) is 0 Å². The fraction of sp³-hybridized carbons (Fsp3) is 0.353. The molecule has 112 valence electrons. The minimum atomic E-state index is -0.910. The summed E-state index contributed by atoms with van der Waals surface area (Å²) in [7, 11) is 0. The van der Waals surface area contributed by atoms with Crippen LogP contribution in [0.15, 0.2) is 36.4 Å². The first kappa shape index (κ1) is 15.3. The lowest BCUT2D eigenvalue weighted by molar-refractivity contribution is 0.000711. The van der Waals surface area contributed by atoms with Gasteiger partial charge in [0.1, 0.15) is 0 Å². The van der Waals surface area contributed by atoms with Gasteiger partial charge in [-0.25, -0.2) is 4.79 Å². The van der Waals surface area contributed by atoms with Gasteiger partial charge in [-0.2, -0.15) is 0 Å². The van der Waals surface area contributed by atoms with E-state index in [0.717, 1.165) is 16.5 Å². The summed E-state index contributed by atoms with van der Waals surface area (Å²) in [5.41, 5.74) is 0.963. The Kier molecular flexibility index (Phi) is 4.48. The molecule has 0 saturated heterocycles. The number of benzene rings is 2. The maximum Gasteiger partial charge on any atom is 0.336 e. The maximum atomic E-state index is 11.3. The highest BCUT2D eigenvalue weighted by molar-refractivity contribution is 6.07. The van der Waals surface area contributed by atoms with Crippen molar-refractivity contribution >= 4 is 22.4 Å². The Balaban J connectivity index is 2.34. The largest absolute Gasteiger partial charge is 0.478 e. The number of carboxylic acid groups (broad SMARTS) is 1. The topological polar surface area (TPSA) is 58.6 Å². The van der Waals surface area contributed by atoms with Crippen molar-refractivity contribution in [2.75, 3.05) is 18.5 Å². The number of ether oxygens (including phenoxy) is 1. The van der Waals surface area contributed by atoms with Crippen molar-refractivity contribution in [3.05, 3.63) is 42.0 Å². The van der Waals surface area contributed by atoms with Crippen LogP contribution in [0.5, 0.6) is 0 Å². The van der Waals surface area contributed by atoms with Gasteiger partial charge in [-0.3, -0.25) is 0 Å². The lowest BCUT2D eigenvalue weighted by Crippen LogP contribution is -2.33. The second-order valence-electron chi connectivity index (χ2n) is 5.56. The number of hydrogen-bond donors (Lipinski definition) is 2. The molecule has 0 unspecified atom stereocenters. The molecule has 0 bridgehead atoms. The van der Waals surface area contributed by atoms with Gasteiger partial charge in [0.05, 0.1) is 11.2 Å². The van der Waals surface area contributed by atoms with E-state index in [1.165, 1.54) is 0 Å². The van der Waals surface area contributed by atoms with Crippen molar-refractivity contribution in [1.82, 2.24) is 0 Å². The highest BCUT2D eigenvalue weighted by atomic mass is 16.5. The van der Waals surface area contributed by atoms with Crippen LogP contribution in [0.25, 0.3) is 10.8 Å². The minimum Gasteiger partial charge on any atom is -0.478 e. The molecule has 4 nitrogen and oxygen atoms in total. The summed E-state index contributed by atoms with van der Waals surface area (Å²) in [4.78, 5) is 11.3. The number of hydrogen-bond acceptors (Lipinski definition) is 3. The average molecular weight is 287 g/mol. The van der Waals surface area contributed by atoms with Gasteiger partial charge in [0, 0.05) is 24.2 Å². The Morgan fingerprint density at radius 2 is 1.86 bits per heavy atom. The van der Waals surface area contributed by atoms with E-state index in [1.807, 2.05) is 51.1 Å². The summed E-state index contributed by atoms with van der Waals surface area (Å²) in [6, 6.07) is 11.0. The summed E-state index contributed by atoms with van der Waals surface area (Å²) < 4.78 is 5.67. The molecule has 4 heteroatoms. The van der Waals surface area contributed by atoms with Crippen molar-refractivity contribution in [3.8, 4) is 0 Å². The normalized spacial score (nSPS) is 11.6. The molecule has 21 heavy (non-hydrogen) atoms.